The van der Waals surface area contributed by atoms with Gasteiger partial charge in [-0.2, -0.15) is 0 Å². The van der Waals surface area contributed by atoms with Crippen molar-refractivity contribution in [3.63, 3.8) is 0 Å². The van der Waals surface area contributed by atoms with E-state index in [0.717, 1.165) is 0 Å². The Morgan fingerprint density at radius 1 is 0.429 bits per heavy atom. The van der Waals surface area contributed by atoms with Crippen molar-refractivity contribution in [1.29, 1.82) is 0 Å². The molecule has 0 saturated heterocycles. The molecule has 4 aromatic carbocycles. The van der Waals surface area contributed by atoms with Crippen LogP contribution in [-0.4, -0.2) is 0 Å². The van der Waals surface area contributed by atoms with Crippen molar-refractivity contribution in [3.05, 3.63) is 126 Å². The Labute approximate surface area is 168 Å². The lowest BCUT2D eigenvalue weighted by Gasteiger charge is -2.22. The van der Waals surface area contributed by atoms with Crippen molar-refractivity contribution in [2.24, 2.45) is 0 Å². The predicted octanol–water partition coefficient (Wildman–Crippen LogP) is 7.77. The summed E-state index contributed by atoms with van der Waals surface area (Å²) in [6, 6.07) is 39.1. The summed E-state index contributed by atoms with van der Waals surface area (Å²) in [5.41, 5.74) is 7.72. The fourth-order valence-corrected chi connectivity index (χ4v) is 3.86. The molecular weight excluding hydrogens is 336 g/mol. The summed E-state index contributed by atoms with van der Waals surface area (Å²) in [5, 5.41) is 0. The number of benzene rings is 4. The molecule has 0 aromatic heterocycles. The fourth-order valence-electron chi connectivity index (χ4n) is 3.86. The molecule has 1 radical (unpaired) electrons. The first kappa shape index (κ1) is 18.3. The SMILES string of the molecule is C[C](C)C(c1ccc(-c2ccccc2)cc1)c1ccc(-c2ccccc2)cc1. The highest BCUT2D eigenvalue weighted by atomic mass is 14.2. The minimum atomic E-state index is 0.314. The van der Waals surface area contributed by atoms with Crippen LogP contribution in [0.25, 0.3) is 22.3 Å². The maximum atomic E-state index is 2.27. The first-order valence-electron chi connectivity index (χ1n) is 9.83. The van der Waals surface area contributed by atoms with Crippen molar-refractivity contribution < 1.29 is 0 Å². The first-order chi connectivity index (χ1) is 13.7. The van der Waals surface area contributed by atoms with Gasteiger partial charge in [0.15, 0.2) is 0 Å². The molecule has 0 N–H and O–H groups in total. The third-order valence-corrected chi connectivity index (χ3v) is 5.28. The average molecular weight is 362 g/mol. The molecule has 0 unspecified atom stereocenters. The summed E-state index contributed by atoms with van der Waals surface area (Å²) in [5.74, 6) is 1.72. The molecule has 0 fully saturated rings. The highest BCUT2D eigenvalue weighted by Crippen LogP contribution is 2.35. The van der Waals surface area contributed by atoms with E-state index in [1.165, 1.54) is 39.3 Å². The summed E-state index contributed by atoms with van der Waals surface area (Å²) in [6.45, 7) is 4.45. The molecule has 0 aliphatic carbocycles. The Balaban J connectivity index is 1.62. The van der Waals surface area contributed by atoms with Gasteiger partial charge in [0, 0.05) is 5.92 Å². The average Bonchev–Trinajstić information content (AvgIpc) is 2.76. The highest BCUT2D eigenvalue weighted by Gasteiger charge is 2.18. The van der Waals surface area contributed by atoms with Gasteiger partial charge in [-0.05, 0) is 39.3 Å². The minimum Gasteiger partial charge on any atom is -0.0622 e. The van der Waals surface area contributed by atoms with Crippen LogP contribution in [0.15, 0.2) is 109 Å². The van der Waals surface area contributed by atoms with E-state index in [9.17, 15) is 0 Å². The topological polar surface area (TPSA) is 0 Å². The molecule has 0 amide bonds. The van der Waals surface area contributed by atoms with Gasteiger partial charge >= 0.3 is 0 Å². The summed E-state index contributed by atoms with van der Waals surface area (Å²) in [7, 11) is 0. The quantitative estimate of drug-likeness (QED) is 0.340. The Bertz CT molecular complexity index is 912. The molecule has 0 bridgehead atoms. The van der Waals surface area contributed by atoms with Gasteiger partial charge in [-0.15, -0.1) is 0 Å². The molecule has 0 saturated carbocycles. The van der Waals surface area contributed by atoms with Crippen molar-refractivity contribution in [3.8, 4) is 22.3 Å². The Morgan fingerprint density at radius 2 is 0.750 bits per heavy atom. The van der Waals surface area contributed by atoms with Gasteiger partial charge in [-0.3, -0.25) is 0 Å². The molecule has 137 valence electrons. The summed E-state index contributed by atoms with van der Waals surface area (Å²) < 4.78 is 0. The third-order valence-electron chi connectivity index (χ3n) is 5.28. The molecule has 4 rings (SSSR count). The van der Waals surface area contributed by atoms with Gasteiger partial charge in [0.1, 0.15) is 0 Å². The Morgan fingerprint density at radius 3 is 1.07 bits per heavy atom. The van der Waals surface area contributed by atoms with Crippen LogP contribution in [0.4, 0.5) is 0 Å². The molecule has 0 heterocycles. The maximum absolute atomic E-state index is 2.27. The van der Waals surface area contributed by atoms with Crippen LogP contribution in [0.5, 0.6) is 0 Å². The van der Waals surface area contributed by atoms with E-state index in [1.807, 2.05) is 0 Å². The van der Waals surface area contributed by atoms with E-state index in [1.54, 1.807) is 0 Å². The zero-order chi connectivity index (χ0) is 19.3. The van der Waals surface area contributed by atoms with E-state index in [4.69, 9.17) is 0 Å². The minimum absolute atomic E-state index is 0.314. The van der Waals surface area contributed by atoms with Crippen LogP contribution < -0.4 is 0 Å². The predicted molar refractivity (Wildman–Crippen MR) is 120 cm³/mol. The van der Waals surface area contributed by atoms with E-state index < -0.39 is 0 Å². The molecule has 0 heteroatoms. The molecule has 0 aliphatic rings. The summed E-state index contributed by atoms with van der Waals surface area (Å²) >= 11 is 0. The second-order valence-electron chi connectivity index (χ2n) is 7.49. The van der Waals surface area contributed by atoms with E-state index in [0.29, 0.717) is 5.92 Å². The number of rotatable bonds is 5. The fraction of sp³-hybridized carbons (Fsp3) is 0.107. The highest BCUT2D eigenvalue weighted by molar-refractivity contribution is 5.65. The lowest BCUT2D eigenvalue weighted by Crippen LogP contribution is -2.07. The van der Waals surface area contributed by atoms with Crippen molar-refractivity contribution in [2.75, 3.05) is 0 Å². The first-order valence-corrected chi connectivity index (χ1v) is 9.83. The molecule has 0 aliphatic heterocycles. The molecule has 0 spiro atoms. The molecule has 0 nitrogen and oxygen atoms in total. The van der Waals surface area contributed by atoms with Gasteiger partial charge in [-0.25, -0.2) is 0 Å². The van der Waals surface area contributed by atoms with Crippen LogP contribution in [0.1, 0.15) is 30.9 Å². The van der Waals surface area contributed by atoms with Gasteiger partial charge in [0.05, 0.1) is 0 Å². The Hall–Kier alpha value is -3.12. The van der Waals surface area contributed by atoms with E-state index >= 15 is 0 Å². The van der Waals surface area contributed by atoms with Gasteiger partial charge in [0.2, 0.25) is 0 Å². The number of hydrogen-bond acceptors (Lipinski definition) is 0. The van der Waals surface area contributed by atoms with Crippen LogP contribution in [0, 0.1) is 5.92 Å². The zero-order valence-electron chi connectivity index (χ0n) is 16.5. The summed E-state index contributed by atoms with van der Waals surface area (Å²) in [4.78, 5) is 0. The van der Waals surface area contributed by atoms with Crippen LogP contribution >= 0.6 is 0 Å². The lowest BCUT2D eigenvalue weighted by atomic mass is 9.82. The second kappa shape index (κ2) is 8.27. The van der Waals surface area contributed by atoms with Crippen LogP contribution in [-0.2, 0) is 0 Å². The van der Waals surface area contributed by atoms with Crippen molar-refractivity contribution in [2.45, 2.75) is 19.8 Å². The normalized spacial score (nSPS) is 11.1. The van der Waals surface area contributed by atoms with Crippen LogP contribution in [0.2, 0.25) is 0 Å². The zero-order valence-corrected chi connectivity index (χ0v) is 16.5. The van der Waals surface area contributed by atoms with Crippen LogP contribution in [0.3, 0.4) is 0 Å². The van der Waals surface area contributed by atoms with Crippen molar-refractivity contribution >= 4 is 0 Å². The third kappa shape index (κ3) is 3.92. The molecule has 0 atom stereocenters. The molecular formula is C28H25. The van der Waals surface area contributed by atoms with Gasteiger partial charge < -0.3 is 0 Å². The van der Waals surface area contributed by atoms with Crippen molar-refractivity contribution in [1.82, 2.24) is 0 Å². The molecule has 4 aromatic rings. The van der Waals surface area contributed by atoms with Gasteiger partial charge in [0.25, 0.3) is 0 Å². The number of hydrogen-bond donors (Lipinski definition) is 0. The second-order valence-corrected chi connectivity index (χ2v) is 7.49. The smallest absolute Gasteiger partial charge is 0.0146 e. The maximum Gasteiger partial charge on any atom is 0.0146 e. The van der Waals surface area contributed by atoms with Gasteiger partial charge in [-0.1, -0.05) is 123 Å². The monoisotopic (exact) mass is 361 g/mol. The standard InChI is InChI=1S/C28H25/c1-21(2)28(26-17-13-24(14-18-26)22-9-5-3-6-10-22)27-19-15-25(16-20-27)23-11-7-4-8-12-23/h3-20,28H,1-2H3. The molecule has 28 heavy (non-hydrogen) atoms. The lowest BCUT2D eigenvalue weighted by molar-refractivity contribution is 0.818. The summed E-state index contributed by atoms with van der Waals surface area (Å²) in [6.07, 6.45) is 0. The van der Waals surface area contributed by atoms with E-state index in [2.05, 4.69) is 123 Å². The largest absolute Gasteiger partial charge is 0.0622 e. The van der Waals surface area contributed by atoms with E-state index in [-0.39, 0.29) is 0 Å². The Kier molecular flexibility index (Phi) is 5.39.